The van der Waals surface area contributed by atoms with Gasteiger partial charge in [0.15, 0.2) is 5.78 Å². The molecule has 114 valence electrons. The zero-order chi connectivity index (χ0) is 15.7. The number of Topliss-reactive ketones (excluding diaryl/α,β-unsaturated/α-hetero) is 2. The van der Waals surface area contributed by atoms with E-state index in [9.17, 15) is 14.4 Å². The van der Waals surface area contributed by atoms with E-state index in [0.717, 1.165) is 5.57 Å². The number of ketones is 2. The Labute approximate surface area is 124 Å². The Morgan fingerprint density at radius 3 is 2.62 bits per heavy atom. The van der Waals surface area contributed by atoms with Crippen molar-refractivity contribution in [2.75, 3.05) is 7.11 Å². The first-order chi connectivity index (χ1) is 9.86. The van der Waals surface area contributed by atoms with Gasteiger partial charge in [0.25, 0.3) is 0 Å². The molecule has 3 atom stereocenters. The Balaban J connectivity index is 2.30. The van der Waals surface area contributed by atoms with E-state index in [1.165, 1.54) is 6.92 Å². The highest BCUT2D eigenvalue weighted by Crippen LogP contribution is 2.39. The Bertz CT molecular complexity index is 543. The summed E-state index contributed by atoms with van der Waals surface area (Å²) in [7, 11) is 1.55. The summed E-state index contributed by atoms with van der Waals surface area (Å²) in [5, 5.41) is 0. The molecule has 2 rings (SSSR count). The lowest BCUT2D eigenvalue weighted by molar-refractivity contribution is -0.138. The van der Waals surface area contributed by atoms with Crippen LogP contribution in [-0.4, -0.2) is 36.9 Å². The molecule has 0 aromatic rings. The molecule has 0 spiro atoms. The van der Waals surface area contributed by atoms with Crippen LogP contribution in [0.25, 0.3) is 0 Å². The molecule has 0 N–H and O–H groups in total. The molecule has 0 amide bonds. The molecule has 1 fully saturated rings. The minimum atomic E-state index is -0.628. The number of carbonyl (C=O) groups excluding carboxylic acids is 3. The molecule has 1 aliphatic carbocycles. The van der Waals surface area contributed by atoms with E-state index >= 15 is 0 Å². The molecule has 1 saturated heterocycles. The summed E-state index contributed by atoms with van der Waals surface area (Å²) >= 11 is 0. The van der Waals surface area contributed by atoms with Crippen molar-refractivity contribution in [3.05, 3.63) is 23.3 Å². The fourth-order valence-electron chi connectivity index (χ4n) is 3.02. The van der Waals surface area contributed by atoms with Crippen molar-refractivity contribution in [1.29, 1.82) is 0 Å². The van der Waals surface area contributed by atoms with E-state index in [-0.39, 0.29) is 30.0 Å². The van der Waals surface area contributed by atoms with Gasteiger partial charge in [-0.2, -0.15) is 0 Å². The van der Waals surface area contributed by atoms with E-state index in [2.05, 4.69) is 6.58 Å². The maximum Gasteiger partial charge on any atom is 0.334 e. The molecule has 1 heterocycles. The summed E-state index contributed by atoms with van der Waals surface area (Å²) in [6, 6.07) is 0. The van der Waals surface area contributed by atoms with Gasteiger partial charge in [-0.3, -0.25) is 4.79 Å². The van der Waals surface area contributed by atoms with Crippen molar-refractivity contribution in [2.45, 2.75) is 45.3 Å². The average molecular weight is 292 g/mol. The van der Waals surface area contributed by atoms with Crippen molar-refractivity contribution in [3.8, 4) is 0 Å². The van der Waals surface area contributed by atoms with Gasteiger partial charge in [0.1, 0.15) is 11.9 Å². The van der Waals surface area contributed by atoms with Crippen LogP contribution in [0.3, 0.4) is 0 Å². The first kappa shape index (κ1) is 15.6. The highest BCUT2D eigenvalue weighted by molar-refractivity contribution is 6.02. The zero-order valence-corrected chi connectivity index (χ0v) is 12.6. The van der Waals surface area contributed by atoms with Crippen molar-refractivity contribution in [3.63, 3.8) is 0 Å². The highest BCUT2D eigenvalue weighted by atomic mass is 16.6. The maximum absolute atomic E-state index is 12.2. The number of rotatable bonds is 5. The number of cyclic esters (lactones) is 1. The Hall–Kier alpha value is -1.75. The van der Waals surface area contributed by atoms with Crippen molar-refractivity contribution >= 4 is 17.5 Å². The molecule has 0 saturated carbocycles. The van der Waals surface area contributed by atoms with E-state index in [1.54, 1.807) is 7.11 Å². The number of ether oxygens (including phenoxy) is 2. The molecule has 5 heteroatoms. The number of methoxy groups -OCH3 is 1. The third-order valence-electron chi connectivity index (χ3n) is 4.26. The van der Waals surface area contributed by atoms with Gasteiger partial charge >= 0.3 is 5.97 Å². The van der Waals surface area contributed by atoms with Gasteiger partial charge in [-0.05, 0) is 25.8 Å². The molecule has 0 bridgehead atoms. The van der Waals surface area contributed by atoms with Gasteiger partial charge < -0.3 is 14.3 Å². The second-order valence-electron chi connectivity index (χ2n) is 5.65. The van der Waals surface area contributed by atoms with Crippen molar-refractivity contribution in [2.24, 2.45) is 5.92 Å². The Morgan fingerprint density at radius 2 is 2.10 bits per heavy atom. The fraction of sp³-hybridized carbons (Fsp3) is 0.562. The third kappa shape index (κ3) is 2.83. The monoisotopic (exact) mass is 292 g/mol. The summed E-state index contributed by atoms with van der Waals surface area (Å²) in [4.78, 5) is 35.2. The molecular weight excluding hydrogens is 272 g/mol. The van der Waals surface area contributed by atoms with Crippen molar-refractivity contribution in [1.82, 2.24) is 0 Å². The Morgan fingerprint density at radius 1 is 1.43 bits per heavy atom. The van der Waals surface area contributed by atoms with Gasteiger partial charge in [0, 0.05) is 37.0 Å². The summed E-state index contributed by atoms with van der Waals surface area (Å²) < 4.78 is 10.6. The lowest BCUT2D eigenvalue weighted by Crippen LogP contribution is -2.24. The van der Waals surface area contributed by atoms with Crippen LogP contribution in [0.1, 0.15) is 33.1 Å². The normalized spacial score (nSPS) is 29.3. The smallest absolute Gasteiger partial charge is 0.334 e. The van der Waals surface area contributed by atoms with Crippen LogP contribution in [0.2, 0.25) is 0 Å². The van der Waals surface area contributed by atoms with Gasteiger partial charge in [0.05, 0.1) is 6.10 Å². The van der Waals surface area contributed by atoms with Crippen LogP contribution in [0.4, 0.5) is 0 Å². The van der Waals surface area contributed by atoms with Crippen LogP contribution in [0, 0.1) is 5.92 Å². The van der Waals surface area contributed by atoms with E-state index in [4.69, 9.17) is 9.47 Å². The fourth-order valence-corrected chi connectivity index (χ4v) is 3.02. The number of esters is 1. The standard InChI is InChI=1S/C16H20O5/c1-8(17)5-6-11-9(2)16(19)21-15(11)14-10(3)13(20-4)7-12(14)18/h11,13,15H,2,5-7H2,1,3-4H3/t11-,13?,15-/m0/s1. The van der Waals surface area contributed by atoms with Crippen LogP contribution >= 0.6 is 0 Å². The molecule has 0 aromatic carbocycles. The lowest BCUT2D eigenvalue weighted by atomic mass is 9.86. The van der Waals surface area contributed by atoms with Crippen LogP contribution in [-0.2, 0) is 23.9 Å². The molecule has 1 aliphatic heterocycles. The van der Waals surface area contributed by atoms with Gasteiger partial charge in [0.2, 0.25) is 0 Å². The summed E-state index contributed by atoms with van der Waals surface area (Å²) in [6.07, 6.45) is 0.195. The predicted octanol–water partition coefficient (Wildman–Crippen LogP) is 1.76. The SMILES string of the molecule is C=C1C(=O)O[C@H](C2=C(C)C(OC)CC2=O)[C@H]1CCC(C)=O. The molecular formula is C16H20O5. The van der Waals surface area contributed by atoms with E-state index in [0.29, 0.717) is 24.0 Å². The number of hydrogen-bond acceptors (Lipinski definition) is 5. The second-order valence-corrected chi connectivity index (χ2v) is 5.65. The minimum Gasteiger partial charge on any atom is -0.453 e. The molecule has 2 aliphatic rings. The third-order valence-corrected chi connectivity index (χ3v) is 4.26. The molecule has 5 nitrogen and oxygen atoms in total. The first-order valence-electron chi connectivity index (χ1n) is 7.02. The highest BCUT2D eigenvalue weighted by Gasteiger charge is 2.46. The van der Waals surface area contributed by atoms with Crippen LogP contribution in [0.5, 0.6) is 0 Å². The maximum atomic E-state index is 12.2. The quantitative estimate of drug-likeness (QED) is 0.570. The lowest BCUT2D eigenvalue weighted by Gasteiger charge is -2.19. The molecule has 1 unspecified atom stereocenters. The molecule has 0 aromatic heterocycles. The van der Waals surface area contributed by atoms with Crippen LogP contribution in [0.15, 0.2) is 23.3 Å². The van der Waals surface area contributed by atoms with Gasteiger partial charge in [-0.25, -0.2) is 4.79 Å². The van der Waals surface area contributed by atoms with E-state index < -0.39 is 12.1 Å². The minimum absolute atomic E-state index is 0.0408. The first-order valence-corrected chi connectivity index (χ1v) is 7.02. The average Bonchev–Trinajstić information content (AvgIpc) is 2.85. The van der Waals surface area contributed by atoms with Crippen molar-refractivity contribution < 1.29 is 23.9 Å². The summed E-state index contributed by atoms with van der Waals surface area (Å²) in [5.74, 6) is -0.813. The topological polar surface area (TPSA) is 69.7 Å². The van der Waals surface area contributed by atoms with Gasteiger partial charge in [-0.15, -0.1) is 0 Å². The molecule has 21 heavy (non-hydrogen) atoms. The summed E-state index contributed by atoms with van der Waals surface area (Å²) in [6.45, 7) is 7.08. The number of hydrogen-bond donors (Lipinski definition) is 0. The largest absolute Gasteiger partial charge is 0.453 e. The van der Waals surface area contributed by atoms with Gasteiger partial charge in [-0.1, -0.05) is 6.58 Å². The predicted molar refractivity (Wildman–Crippen MR) is 75.5 cm³/mol. The summed E-state index contributed by atoms with van der Waals surface area (Å²) in [5.41, 5.74) is 1.67. The zero-order valence-electron chi connectivity index (χ0n) is 12.6. The Kier molecular flexibility index (Phi) is 4.42. The molecule has 0 radical (unpaired) electrons. The van der Waals surface area contributed by atoms with Crippen LogP contribution < -0.4 is 0 Å². The van der Waals surface area contributed by atoms with E-state index in [1.807, 2.05) is 6.92 Å². The second kappa shape index (κ2) is 5.93. The number of carbonyl (C=O) groups is 3.